The van der Waals surface area contributed by atoms with Gasteiger partial charge in [-0.1, -0.05) is 19.1 Å². The summed E-state index contributed by atoms with van der Waals surface area (Å²) in [7, 11) is 0. The van der Waals surface area contributed by atoms with E-state index in [9.17, 15) is 0 Å². The molecule has 1 fully saturated rings. The van der Waals surface area contributed by atoms with Crippen molar-refractivity contribution in [2.24, 2.45) is 5.92 Å². The van der Waals surface area contributed by atoms with Gasteiger partial charge in [0.2, 0.25) is 0 Å². The van der Waals surface area contributed by atoms with Crippen molar-refractivity contribution < 1.29 is 14.2 Å². The van der Waals surface area contributed by atoms with Crippen molar-refractivity contribution in [3.8, 4) is 11.5 Å². The van der Waals surface area contributed by atoms with Crippen LogP contribution < -0.4 is 14.8 Å². The van der Waals surface area contributed by atoms with Crippen LogP contribution in [0.1, 0.15) is 38.7 Å². The summed E-state index contributed by atoms with van der Waals surface area (Å²) in [6.45, 7) is 9.07. The molecule has 1 heterocycles. The van der Waals surface area contributed by atoms with Crippen LogP contribution in [0.15, 0.2) is 18.2 Å². The lowest BCUT2D eigenvalue weighted by Crippen LogP contribution is -2.29. The SMILES string of the molecule is CCCOc1c(CNCC2CCCOC2)cccc1OCC. The Hall–Kier alpha value is -1.26. The topological polar surface area (TPSA) is 39.7 Å². The highest BCUT2D eigenvalue weighted by Gasteiger charge is 2.15. The fraction of sp³-hybridized carbons (Fsp3) is 0.667. The molecule has 0 spiro atoms. The lowest BCUT2D eigenvalue weighted by molar-refractivity contribution is 0.0547. The van der Waals surface area contributed by atoms with Crippen LogP contribution in [0.2, 0.25) is 0 Å². The molecule has 1 aromatic rings. The first-order valence-corrected chi connectivity index (χ1v) is 8.51. The van der Waals surface area contributed by atoms with Gasteiger partial charge in [-0.15, -0.1) is 0 Å². The standard InChI is InChI=1S/C18H29NO3/c1-3-10-22-18-16(8-5-9-17(18)21-4-2)13-19-12-15-7-6-11-20-14-15/h5,8-9,15,19H,3-4,6-7,10-14H2,1-2H3. The van der Waals surface area contributed by atoms with Gasteiger partial charge in [0.15, 0.2) is 11.5 Å². The molecular weight excluding hydrogens is 278 g/mol. The second-order valence-electron chi connectivity index (χ2n) is 5.74. The minimum Gasteiger partial charge on any atom is -0.490 e. The second-order valence-corrected chi connectivity index (χ2v) is 5.74. The van der Waals surface area contributed by atoms with Gasteiger partial charge in [-0.05, 0) is 38.2 Å². The van der Waals surface area contributed by atoms with Crippen molar-refractivity contribution in [1.82, 2.24) is 5.32 Å². The number of rotatable bonds is 9. The van der Waals surface area contributed by atoms with E-state index in [1.807, 2.05) is 19.1 Å². The zero-order valence-electron chi connectivity index (χ0n) is 13.9. The summed E-state index contributed by atoms with van der Waals surface area (Å²) in [6, 6.07) is 6.12. The molecule has 1 N–H and O–H groups in total. The van der Waals surface area contributed by atoms with Gasteiger partial charge in [0.1, 0.15) is 0 Å². The maximum Gasteiger partial charge on any atom is 0.165 e. The number of nitrogens with one attached hydrogen (secondary N) is 1. The molecule has 1 aliphatic rings. The third kappa shape index (κ3) is 5.18. The average Bonchev–Trinajstić information content (AvgIpc) is 2.55. The lowest BCUT2D eigenvalue weighted by Gasteiger charge is -2.22. The normalized spacial score (nSPS) is 18.2. The minimum absolute atomic E-state index is 0.629. The highest BCUT2D eigenvalue weighted by atomic mass is 16.5. The van der Waals surface area contributed by atoms with Gasteiger partial charge in [-0.3, -0.25) is 0 Å². The zero-order valence-corrected chi connectivity index (χ0v) is 13.9. The Morgan fingerprint density at radius 1 is 1.27 bits per heavy atom. The fourth-order valence-electron chi connectivity index (χ4n) is 2.72. The van der Waals surface area contributed by atoms with Crippen LogP contribution in [0.5, 0.6) is 11.5 Å². The molecule has 4 heteroatoms. The molecule has 2 rings (SSSR count). The van der Waals surface area contributed by atoms with Gasteiger partial charge in [0.05, 0.1) is 19.8 Å². The minimum atomic E-state index is 0.629. The maximum atomic E-state index is 5.92. The molecule has 0 aromatic heterocycles. The first-order chi connectivity index (χ1) is 10.8. The van der Waals surface area contributed by atoms with E-state index >= 15 is 0 Å². The van der Waals surface area contributed by atoms with Crippen LogP contribution in [0, 0.1) is 5.92 Å². The second kappa shape index (κ2) is 9.70. The highest BCUT2D eigenvalue weighted by molar-refractivity contribution is 5.46. The van der Waals surface area contributed by atoms with Crippen molar-refractivity contribution in [2.45, 2.75) is 39.7 Å². The van der Waals surface area contributed by atoms with Gasteiger partial charge >= 0.3 is 0 Å². The summed E-state index contributed by atoms with van der Waals surface area (Å²) in [6.07, 6.45) is 3.43. The molecule has 22 heavy (non-hydrogen) atoms. The zero-order chi connectivity index (χ0) is 15.6. The lowest BCUT2D eigenvalue weighted by atomic mass is 10.0. The molecule has 1 aromatic carbocycles. The first-order valence-electron chi connectivity index (χ1n) is 8.51. The van der Waals surface area contributed by atoms with Crippen LogP contribution >= 0.6 is 0 Å². The predicted molar refractivity (Wildman–Crippen MR) is 88.6 cm³/mol. The van der Waals surface area contributed by atoms with E-state index in [2.05, 4.69) is 18.3 Å². The van der Waals surface area contributed by atoms with E-state index < -0.39 is 0 Å². The number of ether oxygens (including phenoxy) is 3. The van der Waals surface area contributed by atoms with Crippen LogP contribution in [0.4, 0.5) is 0 Å². The quantitative estimate of drug-likeness (QED) is 0.759. The predicted octanol–water partition coefficient (Wildman–Crippen LogP) is 3.39. The molecule has 1 aliphatic heterocycles. The number of benzene rings is 1. The van der Waals surface area contributed by atoms with E-state index in [0.29, 0.717) is 19.1 Å². The molecule has 0 bridgehead atoms. The molecule has 124 valence electrons. The number of hydrogen-bond acceptors (Lipinski definition) is 4. The Bertz CT molecular complexity index is 430. The Balaban J connectivity index is 1.93. The van der Waals surface area contributed by atoms with Gasteiger partial charge < -0.3 is 19.5 Å². The number of hydrogen-bond donors (Lipinski definition) is 1. The molecule has 0 aliphatic carbocycles. The molecule has 4 nitrogen and oxygen atoms in total. The molecule has 1 atom stereocenters. The Morgan fingerprint density at radius 2 is 2.18 bits per heavy atom. The molecule has 0 radical (unpaired) electrons. The third-order valence-corrected chi connectivity index (χ3v) is 3.81. The third-order valence-electron chi connectivity index (χ3n) is 3.81. The molecule has 0 amide bonds. The van der Waals surface area contributed by atoms with Crippen molar-refractivity contribution in [2.75, 3.05) is 33.0 Å². The highest BCUT2D eigenvalue weighted by Crippen LogP contribution is 2.31. The fourth-order valence-corrected chi connectivity index (χ4v) is 2.72. The monoisotopic (exact) mass is 307 g/mol. The summed E-state index contributed by atoms with van der Waals surface area (Å²) in [5.74, 6) is 2.36. The van der Waals surface area contributed by atoms with E-state index in [-0.39, 0.29) is 0 Å². The Labute approximate surface area is 134 Å². The van der Waals surface area contributed by atoms with Gasteiger partial charge in [0, 0.05) is 25.3 Å². The molecule has 0 saturated carbocycles. The molecule has 1 saturated heterocycles. The van der Waals surface area contributed by atoms with Crippen LogP contribution in [-0.4, -0.2) is 33.0 Å². The van der Waals surface area contributed by atoms with Crippen molar-refractivity contribution in [1.29, 1.82) is 0 Å². The van der Waals surface area contributed by atoms with Gasteiger partial charge in [-0.25, -0.2) is 0 Å². The Morgan fingerprint density at radius 3 is 2.91 bits per heavy atom. The van der Waals surface area contributed by atoms with E-state index in [1.54, 1.807) is 0 Å². The van der Waals surface area contributed by atoms with E-state index in [1.165, 1.54) is 12.8 Å². The average molecular weight is 307 g/mol. The molecule has 1 unspecified atom stereocenters. The Kier molecular flexibility index (Phi) is 7.54. The van der Waals surface area contributed by atoms with Crippen LogP contribution in [-0.2, 0) is 11.3 Å². The number of para-hydroxylation sites is 1. The maximum absolute atomic E-state index is 5.92. The summed E-state index contributed by atoms with van der Waals surface area (Å²) in [5, 5.41) is 3.54. The summed E-state index contributed by atoms with van der Waals surface area (Å²) in [4.78, 5) is 0. The van der Waals surface area contributed by atoms with Gasteiger partial charge in [0.25, 0.3) is 0 Å². The summed E-state index contributed by atoms with van der Waals surface area (Å²) < 4.78 is 17.1. The molecular formula is C18H29NO3. The summed E-state index contributed by atoms with van der Waals surface area (Å²) in [5.41, 5.74) is 1.16. The van der Waals surface area contributed by atoms with Gasteiger partial charge in [-0.2, -0.15) is 0 Å². The first kappa shape index (κ1) is 17.1. The van der Waals surface area contributed by atoms with Crippen molar-refractivity contribution in [3.63, 3.8) is 0 Å². The van der Waals surface area contributed by atoms with Crippen LogP contribution in [0.25, 0.3) is 0 Å². The van der Waals surface area contributed by atoms with E-state index in [0.717, 1.165) is 49.8 Å². The van der Waals surface area contributed by atoms with Crippen LogP contribution in [0.3, 0.4) is 0 Å². The smallest absolute Gasteiger partial charge is 0.165 e. The summed E-state index contributed by atoms with van der Waals surface area (Å²) >= 11 is 0. The van der Waals surface area contributed by atoms with Crippen molar-refractivity contribution in [3.05, 3.63) is 23.8 Å². The van der Waals surface area contributed by atoms with Crippen molar-refractivity contribution >= 4 is 0 Å². The van der Waals surface area contributed by atoms with E-state index in [4.69, 9.17) is 14.2 Å². The largest absolute Gasteiger partial charge is 0.490 e.